The first-order valence-electron chi connectivity index (χ1n) is 6.31. The van der Waals surface area contributed by atoms with Gasteiger partial charge < -0.3 is 10.6 Å². The Morgan fingerprint density at radius 1 is 1.30 bits per heavy atom. The maximum absolute atomic E-state index is 12.9. The molecule has 0 aliphatic heterocycles. The van der Waals surface area contributed by atoms with Crippen molar-refractivity contribution in [3.8, 4) is 0 Å². The lowest BCUT2D eigenvalue weighted by Crippen LogP contribution is -2.43. The van der Waals surface area contributed by atoms with Crippen LogP contribution in [0.15, 0.2) is 41.9 Å². The van der Waals surface area contributed by atoms with Crippen molar-refractivity contribution in [1.82, 2.24) is 10.6 Å². The Hall–Kier alpha value is -1.11. The van der Waals surface area contributed by atoms with Crippen LogP contribution >= 0.6 is 24.0 Å². The van der Waals surface area contributed by atoms with Crippen molar-refractivity contribution < 1.29 is 4.39 Å². The highest BCUT2D eigenvalue weighted by molar-refractivity contribution is 14.0. The Labute approximate surface area is 137 Å². The van der Waals surface area contributed by atoms with Crippen LogP contribution in [0.2, 0.25) is 0 Å². The molecule has 2 N–H and O–H groups in total. The van der Waals surface area contributed by atoms with E-state index in [-0.39, 0.29) is 35.2 Å². The normalized spacial score (nSPS) is 11.5. The van der Waals surface area contributed by atoms with Crippen molar-refractivity contribution in [2.75, 3.05) is 20.1 Å². The fraction of sp³-hybridized carbons (Fsp3) is 0.400. The molecule has 0 aliphatic rings. The average molecular weight is 391 g/mol. The summed E-state index contributed by atoms with van der Waals surface area (Å²) in [4.78, 5) is 4.12. The van der Waals surface area contributed by atoms with Crippen LogP contribution < -0.4 is 10.6 Å². The Morgan fingerprint density at radius 3 is 2.40 bits per heavy atom. The molecule has 1 aromatic carbocycles. The zero-order chi connectivity index (χ0) is 14.3. The molecule has 0 heterocycles. The van der Waals surface area contributed by atoms with Crippen molar-refractivity contribution in [1.29, 1.82) is 0 Å². The van der Waals surface area contributed by atoms with E-state index in [1.54, 1.807) is 13.1 Å². The van der Waals surface area contributed by atoms with Gasteiger partial charge in [-0.3, -0.25) is 4.99 Å². The van der Waals surface area contributed by atoms with Crippen LogP contribution in [-0.2, 0) is 5.41 Å². The summed E-state index contributed by atoms with van der Waals surface area (Å²) in [7, 11) is 1.73. The minimum Gasteiger partial charge on any atom is -0.356 e. The second-order valence-corrected chi connectivity index (χ2v) is 4.99. The molecule has 0 atom stereocenters. The number of nitrogens with zero attached hydrogens (tertiary/aromatic N) is 1. The van der Waals surface area contributed by atoms with Crippen LogP contribution in [0.1, 0.15) is 19.4 Å². The van der Waals surface area contributed by atoms with E-state index in [0.717, 1.165) is 11.5 Å². The predicted octanol–water partition coefficient (Wildman–Crippen LogP) is 3.07. The van der Waals surface area contributed by atoms with E-state index in [9.17, 15) is 4.39 Å². The van der Waals surface area contributed by atoms with E-state index < -0.39 is 0 Å². The molecule has 0 fully saturated rings. The molecule has 0 radical (unpaired) electrons. The molecule has 3 nitrogen and oxygen atoms in total. The van der Waals surface area contributed by atoms with Gasteiger partial charge in [0.25, 0.3) is 0 Å². The summed E-state index contributed by atoms with van der Waals surface area (Å²) in [5, 5.41) is 6.37. The van der Waals surface area contributed by atoms with Gasteiger partial charge in [0, 0.05) is 25.6 Å². The molecule has 0 saturated carbocycles. The molecule has 0 saturated heterocycles. The van der Waals surface area contributed by atoms with E-state index >= 15 is 0 Å². The number of aliphatic imine (C=N–C) groups is 1. The molecule has 0 amide bonds. The third-order valence-electron chi connectivity index (χ3n) is 2.96. The van der Waals surface area contributed by atoms with E-state index in [1.807, 2.05) is 12.1 Å². The second kappa shape index (κ2) is 8.94. The zero-order valence-corrected chi connectivity index (χ0v) is 14.6. The van der Waals surface area contributed by atoms with Crippen LogP contribution in [-0.4, -0.2) is 26.1 Å². The van der Waals surface area contributed by atoms with Gasteiger partial charge in [-0.1, -0.05) is 32.1 Å². The quantitative estimate of drug-likeness (QED) is 0.350. The molecule has 20 heavy (non-hydrogen) atoms. The fourth-order valence-corrected chi connectivity index (χ4v) is 1.70. The first-order chi connectivity index (χ1) is 8.99. The number of benzene rings is 1. The minimum atomic E-state index is -0.212. The van der Waals surface area contributed by atoms with Crippen molar-refractivity contribution in [3.63, 3.8) is 0 Å². The fourth-order valence-electron chi connectivity index (χ4n) is 1.70. The third kappa shape index (κ3) is 5.90. The van der Waals surface area contributed by atoms with Crippen LogP contribution in [0.3, 0.4) is 0 Å². The summed E-state index contributed by atoms with van der Waals surface area (Å²) in [5.41, 5.74) is 0.972. The highest BCUT2D eigenvalue weighted by Gasteiger charge is 2.20. The predicted molar refractivity (Wildman–Crippen MR) is 94.4 cm³/mol. The highest BCUT2D eigenvalue weighted by atomic mass is 127. The van der Waals surface area contributed by atoms with Crippen molar-refractivity contribution in [3.05, 3.63) is 48.3 Å². The SMILES string of the molecule is C=CCNC(=NC)NCC(C)(C)c1ccc(F)cc1.I. The number of guanidine groups is 1. The third-order valence-corrected chi connectivity index (χ3v) is 2.96. The molecule has 0 spiro atoms. The summed E-state index contributed by atoms with van der Waals surface area (Å²) in [5.74, 6) is 0.519. The van der Waals surface area contributed by atoms with Gasteiger partial charge in [0.15, 0.2) is 5.96 Å². The second-order valence-electron chi connectivity index (χ2n) is 4.99. The monoisotopic (exact) mass is 391 g/mol. The number of hydrogen-bond acceptors (Lipinski definition) is 1. The first-order valence-corrected chi connectivity index (χ1v) is 6.31. The van der Waals surface area contributed by atoms with E-state index in [2.05, 4.69) is 36.1 Å². The van der Waals surface area contributed by atoms with Crippen molar-refractivity contribution in [2.45, 2.75) is 19.3 Å². The number of nitrogens with one attached hydrogen (secondary N) is 2. The summed E-state index contributed by atoms with van der Waals surface area (Å²) in [6, 6.07) is 6.61. The van der Waals surface area contributed by atoms with Crippen LogP contribution in [0.4, 0.5) is 4.39 Å². The lowest BCUT2D eigenvalue weighted by atomic mass is 9.84. The van der Waals surface area contributed by atoms with Gasteiger partial charge in [-0.25, -0.2) is 4.39 Å². The van der Waals surface area contributed by atoms with Crippen LogP contribution in [0.5, 0.6) is 0 Å². The van der Waals surface area contributed by atoms with Crippen molar-refractivity contribution >= 4 is 29.9 Å². The Kier molecular flexibility index (Phi) is 8.45. The maximum atomic E-state index is 12.9. The minimum absolute atomic E-state index is 0. The largest absolute Gasteiger partial charge is 0.356 e. The molecular formula is C15H23FIN3. The number of rotatable bonds is 5. The Morgan fingerprint density at radius 2 is 1.90 bits per heavy atom. The molecule has 5 heteroatoms. The molecule has 0 aliphatic carbocycles. The number of hydrogen-bond donors (Lipinski definition) is 2. The summed E-state index contributed by atoms with van der Waals surface area (Å²) in [6.07, 6.45) is 1.78. The van der Waals surface area contributed by atoms with Gasteiger partial charge in [-0.05, 0) is 17.7 Å². The van der Waals surface area contributed by atoms with Crippen molar-refractivity contribution in [2.24, 2.45) is 4.99 Å². The van der Waals surface area contributed by atoms with Gasteiger partial charge in [0.1, 0.15) is 5.82 Å². The summed E-state index contributed by atoms with van der Waals surface area (Å²) >= 11 is 0. The molecule has 0 bridgehead atoms. The zero-order valence-electron chi connectivity index (χ0n) is 12.2. The van der Waals surface area contributed by atoms with E-state index in [4.69, 9.17) is 0 Å². The lowest BCUT2D eigenvalue weighted by Gasteiger charge is -2.26. The Bertz CT molecular complexity index is 441. The van der Waals surface area contributed by atoms with Gasteiger partial charge in [0.05, 0.1) is 0 Å². The van der Waals surface area contributed by atoms with Gasteiger partial charge in [-0.15, -0.1) is 30.6 Å². The summed E-state index contributed by atoms with van der Waals surface area (Å²) < 4.78 is 12.9. The van der Waals surface area contributed by atoms with Crippen LogP contribution in [0.25, 0.3) is 0 Å². The smallest absolute Gasteiger partial charge is 0.191 e. The maximum Gasteiger partial charge on any atom is 0.191 e. The number of halogens is 2. The van der Waals surface area contributed by atoms with Gasteiger partial charge in [-0.2, -0.15) is 0 Å². The lowest BCUT2D eigenvalue weighted by molar-refractivity contribution is 0.507. The topological polar surface area (TPSA) is 36.4 Å². The van der Waals surface area contributed by atoms with Gasteiger partial charge in [0.2, 0.25) is 0 Å². The molecule has 112 valence electrons. The molecule has 0 unspecified atom stereocenters. The first kappa shape index (κ1) is 18.9. The standard InChI is InChI=1S/C15H22FN3.HI/c1-5-10-18-14(17-4)19-11-15(2,3)12-6-8-13(16)9-7-12;/h5-9H,1,10-11H2,2-4H3,(H2,17,18,19);1H. The molecular weight excluding hydrogens is 368 g/mol. The van der Waals surface area contributed by atoms with Gasteiger partial charge >= 0.3 is 0 Å². The molecule has 0 aromatic heterocycles. The van der Waals surface area contributed by atoms with Crippen LogP contribution in [0, 0.1) is 5.82 Å². The van der Waals surface area contributed by atoms with E-state index in [0.29, 0.717) is 13.1 Å². The molecule has 1 aromatic rings. The van der Waals surface area contributed by atoms with E-state index in [1.165, 1.54) is 12.1 Å². The Balaban J connectivity index is 0.00000361. The highest BCUT2D eigenvalue weighted by Crippen LogP contribution is 2.22. The average Bonchev–Trinajstić information content (AvgIpc) is 2.39. The summed E-state index contributed by atoms with van der Waals surface area (Å²) in [6.45, 7) is 9.23. The molecule has 1 rings (SSSR count).